The maximum atomic E-state index is 13.2. The van der Waals surface area contributed by atoms with Gasteiger partial charge in [-0.1, -0.05) is 12.1 Å². The Balaban J connectivity index is 1.49. The first-order valence-electron chi connectivity index (χ1n) is 9.80. The smallest absolute Gasteiger partial charge is 0.433 e. The van der Waals surface area contributed by atoms with Crippen molar-refractivity contribution >= 4 is 16.8 Å². The van der Waals surface area contributed by atoms with Gasteiger partial charge in [-0.05, 0) is 53.9 Å². The Bertz CT molecular complexity index is 1320. The molecule has 0 unspecified atom stereocenters. The van der Waals surface area contributed by atoms with Gasteiger partial charge in [-0.25, -0.2) is 18.7 Å². The van der Waals surface area contributed by atoms with Gasteiger partial charge in [-0.15, -0.1) is 0 Å². The number of carbonyl (C=O) groups is 1. The molecule has 0 aliphatic carbocycles. The molecular formula is C23H16F5N3O2. The molecule has 1 N–H and O–H groups in total. The molecule has 0 saturated carbocycles. The normalized spacial score (nSPS) is 11.7. The van der Waals surface area contributed by atoms with Gasteiger partial charge in [0.1, 0.15) is 24.4 Å². The number of benzene rings is 2. The van der Waals surface area contributed by atoms with Crippen LogP contribution < -0.4 is 5.32 Å². The minimum absolute atomic E-state index is 0.0355. The van der Waals surface area contributed by atoms with Crippen molar-refractivity contribution in [3.63, 3.8) is 0 Å². The lowest BCUT2D eigenvalue weighted by Gasteiger charge is -2.08. The lowest BCUT2D eigenvalue weighted by molar-refractivity contribution is -0.140. The molecule has 4 aromatic rings. The van der Waals surface area contributed by atoms with Crippen molar-refractivity contribution in [3.05, 3.63) is 83.1 Å². The van der Waals surface area contributed by atoms with Crippen LogP contribution in [0.4, 0.5) is 22.0 Å². The third-order valence-electron chi connectivity index (χ3n) is 4.98. The zero-order chi connectivity index (χ0) is 23.6. The van der Waals surface area contributed by atoms with Crippen LogP contribution in [-0.4, -0.2) is 22.4 Å². The molecule has 0 radical (unpaired) electrons. The van der Waals surface area contributed by atoms with Gasteiger partial charge in [0.25, 0.3) is 5.91 Å². The number of oxazole rings is 1. The quantitative estimate of drug-likeness (QED) is 0.386. The van der Waals surface area contributed by atoms with Crippen LogP contribution in [0.25, 0.3) is 22.4 Å². The fourth-order valence-electron chi connectivity index (χ4n) is 3.37. The highest BCUT2D eigenvalue weighted by Gasteiger charge is 2.32. The van der Waals surface area contributed by atoms with Gasteiger partial charge >= 0.3 is 6.18 Å². The topological polar surface area (TPSA) is 68.0 Å². The van der Waals surface area contributed by atoms with E-state index in [2.05, 4.69) is 15.3 Å². The largest absolute Gasteiger partial charge is 0.444 e. The minimum atomic E-state index is -4.57. The summed E-state index contributed by atoms with van der Waals surface area (Å²) in [6.07, 6.45) is -3.16. The summed E-state index contributed by atoms with van der Waals surface area (Å²) in [6.45, 7) is -0.671. The van der Waals surface area contributed by atoms with Crippen molar-refractivity contribution in [3.8, 4) is 11.5 Å². The number of hydrogen-bond acceptors (Lipinski definition) is 4. The predicted octanol–water partition coefficient (Wildman–Crippen LogP) is 5.49. The molecule has 0 aliphatic rings. The molecule has 4 rings (SSSR count). The second kappa shape index (κ2) is 8.97. The number of amides is 1. The molecular weight excluding hydrogens is 445 g/mol. The number of halogens is 5. The summed E-state index contributed by atoms with van der Waals surface area (Å²) < 4.78 is 70.4. The number of rotatable bonds is 6. The Kier molecular flexibility index (Phi) is 6.08. The van der Waals surface area contributed by atoms with Gasteiger partial charge in [0.2, 0.25) is 5.89 Å². The highest BCUT2D eigenvalue weighted by molar-refractivity contribution is 5.95. The summed E-state index contributed by atoms with van der Waals surface area (Å²) in [5, 5.41) is 3.01. The fourth-order valence-corrected chi connectivity index (χ4v) is 3.37. The van der Waals surface area contributed by atoms with Crippen LogP contribution in [0.2, 0.25) is 0 Å². The van der Waals surface area contributed by atoms with E-state index < -0.39 is 30.3 Å². The zero-order valence-electron chi connectivity index (χ0n) is 16.9. The number of aromatic nitrogens is 2. The van der Waals surface area contributed by atoms with Crippen LogP contribution in [0.5, 0.6) is 0 Å². The van der Waals surface area contributed by atoms with Gasteiger partial charge in [-0.2, -0.15) is 13.2 Å². The highest BCUT2D eigenvalue weighted by atomic mass is 19.4. The molecule has 2 aromatic carbocycles. The molecule has 0 saturated heterocycles. The lowest BCUT2D eigenvalue weighted by atomic mass is 10.1. The zero-order valence-corrected chi connectivity index (χ0v) is 16.9. The summed E-state index contributed by atoms with van der Waals surface area (Å²) >= 11 is 0. The average Bonchev–Trinajstić information content (AvgIpc) is 3.28. The van der Waals surface area contributed by atoms with Gasteiger partial charge in [0, 0.05) is 17.5 Å². The lowest BCUT2D eigenvalue weighted by Crippen LogP contribution is -2.26. The first kappa shape index (κ1) is 22.4. The van der Waals surface area contributed by atoms with Crippen molar-refractivity contribution in [2.45, 2.75) is 19.3 Å². The van der Waals surface area contributed by atoms with Crippen molar-refractivity contribution < 1.29 is 31.2 Å². The van der Waals surface area contributed by atoms with Crippen LogP contribution in [0.15, 0.2) is 59.2 Å². The van der Waals surface area contributed by atoms with Gasteiger partial charge in [-0.3, -0.25) is 4.79 Å². The van der Waals surface area contributed by atoms with Gasteiger partial charge < -0.3 is 9.73 Å². The highest BCUT2D eigenvalue weighted by Crippen LogP contribution is 2.32. The van der Waals surface area contributed by atoms with E-state index in [1.807, 2.05) is 0 Å². The second-order valence-corrected chi connectivity index (χ2v) is 7.16. The molecule has 10 heteroatoms. The Morgan fingerprint density at radius 2 is 1.85 bits per heavy atom. The van der Waals surface area contributed by atoms with Crippen molar-refractivity contribution in [1.29, 1.82) is 0 Å². The van der Waals surface area contributed by atoms with Crippen LogP contribution in [0.3, 0.4) is 0 Å². The summed E-state index contributed by atoms with van der Waals surface area (Å²) in [7, 11) is 0. The molecule has 2 heterocycles. The Labute approximate surface area is 184 Å². The number of nitrogens with one attached hydrogen (secondary N) is 1. The van der Waals surface area contributed by atoms with E-state index in [4.69, 9.17) is 4.42 Å². The van der Waals surface area contributed by atoms with E-state index in [-0.39, 0.29) is 35.6 Å². The molecule has 0 spiro atoms. The van der Waals surface area contributed by atoms with Crippen molar-refractivity contribution in [1.82, 2.24) is 15.3 Å². The van der Waals surface area contributed by atoms with Crippen LogP contribution >= 0.6 is 0 Å². The third-order valence-corrected chi connectivity index (χ3v) is 4.98. The monoisotopic (exact) mass is 461 g/mol. The molecule has 0 fully saturated rings. The molecule has 5 nitrogen and oxygen atoms in total. The SMILES string of the molecule is O=C(NCCc1ccc(F)cc1CF)c1coc(-c2cccc3nc(C(F)(F)F)ccc23)n1. The van der Waals surface area contributed by atoms with Crippen molar-refractivity contribution in [2.24, 2.45) is 0 Å². The first-order chi connectivity index (χ1) is 15.8. The second-order valence-electron chi connectivity index (χ2n) is 7.16. The number of nitrogens with zero attached hydrogens (tertiary/aromatic N) is 2. The van der Waals surface area contributed by atoms with Crippen LogP contribution in [0, 0.1) is 5.82 Å². The van der Waals surface area contributed by atoms with E-state index in [0.29, 0.717) is 16.5 Å². The number of fused-ring (bicyclic) bond motifs is 1. The number of carbonyl (C=O) groups excluding carboxylic acids is 1. The number of alkyl halides is 4. The Morgan fingerprint density at radius 3 is 2.61 bits per heavy atom. The molecule has 170 valence electrons. The predicted molar refractivity (Wildman–Crippen MR) is 109 cm³/mol. The Morgan fingerprint density at radius 1 is 1.03 bits per heavy atom. The molecule has 2 aromatic heterocycles. The number of hydrogen-bond donors (Lipinski definition) is 1. The standard InChI is InChI=1S/C23H16F5N3O2/c24-11-14-10-15(25)5-4-13(14)8-9-29-21(32)19-12-33-22(31-19)17-2-1-3-18-16(17)6-7-20(30-18)23(26,27)28/h1-7,10,12H,8-9,11H2,(H,29,32). The summed E-state index contributed by atoms with van der Waals surface area (Å²) in [5.41, 5.74) is 0.220. The summed E-state index contributed by atoms with van der Waals surface area (Å²) in [4.78, 5) is 20.2. The maximum Gasteiger partial charge on any atom is 0.433 e. The van der Waals surface area contributed by atoms with E-state index in [9.17, 15) is 26.7 Å². The molecule has 0 aliphatic heterocycles. The van der Waals surface area contributed by atoms with E-state index in [1.54, 1.807) is 6.07 Å². The molecule has 33 heavy (non-hydrogen) atoms. The average molecular weight is 461 g/mol. The molecule has 0 atom stereocenters. The van der Waals surface area contributed by atoms with E-state index >= 15 is 0 Å². The third kappa shape index (κ3) is 4.84. The van der Waals surface area contributed by atoms with Crippen LogP contribution in [0.1, 0.15) is 27.3 Å². The summed E-state index contributed by atoms with van der Waals surface area (Å²) in [6, 6.07) is 10.5. The Hall–Kier alpha value is -3.82. The molecule has 1 amide bonds. The van der Waals surface area contributed by atoms with E-state index in [1.165, 1.54) is 30.3 Å². The molecule has 0 bridgehead atoms. The van der Waals surface area contributed by atoms with Crippen molar-refractivity contribution in [2.75, 3.05) is 6.54 Å². The summed E-state index contributed by atoms with van der Waals surface area (Å²) in [5.74, 6) is -1.04. The van der Waals surface area contributed by atoms with Gasteiger partial charge in [0.15, 0.2) is 5.69 Å². The maximum absolute atomic E-state index is 13.2. The number of pyridine rings is 1. The minimum Gasteiger partial charge on any atom is -0.444 e. The van der Waals surface area contributed by atoms with Gasteiger partial charge in [0.05, 0.1) is 5.52 Å². The van der Waals surface area contributed by atoms with E-state index in [0.717, 1.165) is 18.4 Å². The fraction of sp³-hybridized carbons (Fsp3) is 0.174. The van der Waals surface area contributed by atoms with Crippen LogP contribution in [-0.2, 0) is 19.3 Å². The first-order valence-corrected chi connectivity index (χ1v) is 9.80.